The van der Waals surface area contributed by atoms with Gasteiger partial charge in [0.05, 0.1) is 22.5 Å². The van der Waals surface area contributed by atoms with Crippen LogP contribution in [0.1, 0.15) is 29.3 Å². The molecule has 0 bridgehead atoms. The Balaban J connectivity index is 1.52. The molecule has 3 aromatic rings. The molecule has 6 nitrogen and oxygen atoms in total. The number of aryl methyl sites for hydroxylation is 1. The van der Waals surface area contributed by atoms with Crippen LogP contribution in [0, 0.1) is 0 Å². The third-order valence-corrected chi connectivity index (χ3v) is 6.29. The molecule has 0 aliphatic carbocycles. The number of amides is 1. The second-order valence-electron chi connectivity index (χ2n) is 7.12. The number of piperazine rings is 1. The summed E-state index contributed by atoms with van der Waals surface area (Å²) < 4.78 is 2.28. The van der Waals surface area contributed by atoms with Crippen molar-refractivity contribution in [1.29, 1.82) is 0 Å². The van der Waals surface area contributed by atoms with Gasteiger partial charge >= 0.3 is 0 Å². The molecule has 0 atom stereocenters. The summed E-state index contributed by atoms with van der Waals surface area (Å²) in [6, 6.07) is 9.73. The zero-order chi connectivity index (χ0) is 19.5. The van der Waals surface area contributed by atoms with Gasteiger partial charge in [-0.3, -0.25) is 9.69 Å². The number of hydrogen-bond acceptors (Lipinski definition) is 5. The lowest BCUT2D eigenvalue weighted by molar-refractivity contribution is 0.103. The minimum absolute atomic E-state index is 0.0710. The molecule has 1 amide bonds. The van der Waals surface area contributed by atoms with Gasteiger partial charge in [-0.15, -0.1) is 11.3 Å². The molecule has 1 aromatic carbocycles. The zero-order valence-corrected chi connectivity index (χ0v) is 17.3. The van der Waals surface area contributed by atoms with Gasteiger partial charge in [0.1, 0.15) is 5.82 Å². The minimum Gasteiger partial charge on any atom is -0.327 e. The molecular weight excluding hydrogens is 370 g/mol. The third kappa shape index (κ3) is 3.97. The number of hydrogen-bond donors (Lipinski definition) is 1. The first-order valence-corrected chi connectivity index (χ1v) is 10.8. The molecule has 0 radical (unpaired) electrons. The van der Waals surface area contributed by atoms with E-state index < -0.39 is 0 Å². The highest BCUT2D eigenvalue weighted by Gasteiger charge is 2.19. The van der Waals surface area contributed by atoms with Crippen LogP contribution >= 0.6 is 11.3 Å². The van der Waals surface area contributed by atoms with Crippen LogP contribution in [0.2, 0.25) is 0 Å². The molecule has 0 spiro atoms. The fraction of sp³-hybridized carbons (Fsp3) is 0.429. The van der Waals surface area contributed by atoms with Crippen molar-refractivity contribution in [3.8, 4) is 0 Å². The number of fused-ring (bicyclic) bond motifs is 1. The minimum atomic E-state index is -0.0710. The van der Waals surface area contributed by atoms with Crippen LogP contribution in [0.15, 0.2) is 35.7 Å². The summed E-state index contributed by atoms with van der Waals surface area (Å²) in [6.45, 7) is 11.7. The lowest BCUT2D eigenvalue weighted by Crippen LogP contribution is -2.45. The number of nitrogens with one attached hydrogen (secondary N) is 1. The molecule has 1 N–H and O–H groups in total. The maximum Gasteiger partial charge on any atom is 0.265 e. The van der Waals surface area contributed by atoms with E-state index in [1.165, 1.54) is 11.3 Å². The van der Waals surface area contributed by atoms with Gasteiger partial charge in [-0.25, -0.2) is 4.98 Å². The van der Waals surface area contributed by atoms with E-state index in [9.17, 15) is 4.79 Å². The zero-order valence-electron chi connectivity index (χ0n) is 16.5. The van der Waals surface area contributed by atoms with Crippen molar-refractivity contribution in [2.45, 2.75) is 26.9 Å². The number of likely N-dealkylation sites (N-methyl/N-ethyl adjacent to an activating group) is 1. The molecule has 7 heteroatoms. The molecule has 1 aliphatic heterocycles. The van der Waals surface area contributed by atoms with Gasteiger partial charge in [-0.1, -0.05) is 13.0 Å². The maximum atomic E-state index is 12.3. The van der Waals surface area contributed by atoms with Crippen LogP contribution in [0.5, 0.6) is 0 Å². The molecule has 1 aliphatic rings. The average Bonchev–Trinajstić information content (AvgIpc) is 3.36. The highest BCUT2D eigenvalue weighted by molar-refractivity contribution is 7.12. The van der Waals surface area contributed by atoms with Crippen molar-refractivity contribution >= 4 is 34.0 Å². The van der Waals surface area contributed by atoms with Gasteiger partial charge in [0, 0.05) is 38.4 Å². The number of aromatic nitrogens is 2. The highest BCUT2D eigenvalue weighted by atomic mass is 32.1. The third-order valence-electron chi connectivity index (χ3n) is 5.42. The topological polar surface area (TPSA) is 53.4 Å². The van der Waals surface area contributed by atoms with Crippen LogP contribution in [-0.2, 0) is 13.1 Å². The van der Waals surface area contributed by atoms with Gasteiger partial charge in [0.15, 0.2) is 0 Å². The molecule has 3 heterocycles. The van der Waals surface area contributed by atoms with E-state index in [-0.39, 0.29) is 5.91 Å². The van der Waals surface area contributed by atoms with Crippen molar-refractivity contribution < 1.29 is 4.79 Å². The Morgan fingerprint density at radius 3 is 2.57 bits per heavy atom. The van der Waals surface area contributed by atoms with E-state index in [4.69, 9.17) is 4.98 Å². The molecule has 1 fully saturated rings. The molecule has 0 saturated carbocycles. The molecule has 28 heavy (non-hydrogen) atoms. The number of carbonyl (C=O) groups excluding carboxylic acids is 1. The van der Waals surface area contributed by atoms with Crippen molar-refractivity contribution in [2.24, 2.45) is 0 Å². The quantitative estimate of drug-likeness (QED) is 0.692. The van der Waals surface area contributed by atoms with E-state index >= 15 is 0 Å². The first-order valence-electron chi connectivity index (χ1n) is 9.96. The molecule has 4 rings (SSSR count). The molecule has 0 unspecified atom stereocenters. The van der Waals surface area contributed by atoms with Crippen LogP contribution in [0.3, 0.4) is 0 Å². The Kier molecular flexibility index (Phi) is 5.75. The van der Waals surface area contributed by atoms with Crippen LogP contribution in [0.4, 0.5) is 5.69 Å². The monoisotopic (exact) mass is 397 g/mol. The predicted molar refractivity (Wildman–Crippen MR) is 115 cm³/mol. The average molecular weight is 398 g/mol. The Bertz CT molecular complexity index is 941. The summed E-state index contributed by atoms with van der Waals surface area (Å²) in [4.78, 5) is 22.9. The van der Waals surface area contributed by atoms with Crippen molar-refractivity contribution in [3.63, 3.8) is 0 Å². The lowest BCUT2D eigenvalue weighted by Gasteiger charge is -2.33. The summed E-state index contributed by atoms with van der Waals surface area (Å²) in [5.41, 5.74) is 2.85. The number of rotatable bonds is 6. The van der Waals surface area contributed by atoms with Gasteiger partial charge in [-0.05, 0) is 43.1 Å². The second-order valence-corrected chi connectivity index (χ2v) is 8.07. The highest BCUT2D eigenvalue weighted by Crippen LogP contribution is 2.23. The number of carbonyl (C=O) groups is 1. The standard InChI is InChI=1S/C21H27N5OS/c1-3-24-9-11-25(12-10-24)15-20-23-17-14-16(7-8-18(17)26(20)4-2)22-21(27)19-6-5-13-28-19/h5-8,13-14H,3-4,9-12,15H2,1-2H3,(H,22,27). The van der Waals surface area contributed by atoms with Crippen LogP contribution < -0.4 is 5.32 Å². The normalized spacial score (nSPS) is 15.9. The summed E-state index contributed by atoms with van der Waals surface area (Å²) in [5, 5.41) is 4.89. The molecule has 2 aromatic heterocycles. The van der Waals surface area contributed by atoms with Crippen molar-refractivity contribution in [2.75, 3.05) is 38.0 Å². The number of benzene rings is 1. The Labute approximate surface area is 169 Å². The van der Waals surface area contributed by atoms with Crippen LogP contribution in [-0.4, -0.2) is 58.0 Å². The van der Waals surface area contributed by atoms with E-state index in [1.807, 2.05) is 29.6 Å². The number of thiophene rings is 1. The van der Waals surface area contributed by atoms with Crippen molar-refractivity contribution in [3.05, 3.63) is 46.4 Å². The van der Waals surface area contributed by atoms with E-state index in [0.29, 0.717) is 4.88 Å². The SMILES string of the molecule is CCN1CCN(Cc2nc3cc(NC(=O)c4cccs4)ccc3n2CC)CC1. The smallest absolute Gasteiger partial charge is 0.265 e. The number of imidazole rings is 1. The Morgan fingerprint density at radius 1 is 1.11 bits per heavy atom. The lowest BCUT2D eigenvalue weighted by atomic mass is 10.2. The van der Waals surface area contributed by atoms with E-state index in [0.717, 1.165) is 68.4 Å². The fourth-order valence-corrected chi connectivity index (χ4v) is 4.41. The first kappa shape index (κ1) is 19.1. The second kappa shape index (κ2) is 8.43. The first-order chi connectivity index (χ1) is 13.7. The molecular formula is C21H27N5OS. The summed E-state index contributed by atoms with van der Waals surface area (Å²) in [7, 11) is 0. The number of nitrogens with zero attached hydrogens (tertiary/aromatic N) is 4. The summed E-state index contributed by atoms with van der Waals surface area (Å²) >= 11 is 1.44. The summed E-state index contributed by atoms with van der Waals surface area (Å²) in [6.07, 6.45) is 0. The van der Waals surface area contributed by atoms with Crippen LogP contribution in [0.25, 0.3) is 11.0 Å². The Hall–Kier alpha value is -2.22. The maximum absolute atomic E-state index is 12.3. The fourth-order valence-electron chi connectivity index (χ4n) is 3.80. The van der Waals surface area contributed by atoms with Gasteiger partial charge in [-0.2, -0.15) is 0 Å². The molecule has 148 valence electrons. The van der Waals surface area contributed by atoms with E-state index in [2.05, 4.69) is 39.6 Å². The predicted octanol–water partition coefficient (Wildman–Crippen LogP) is 3.51. The van der Waals surface area contributed by atoms with E-state index in [1.54, 1.807) is 0 Å². The molecule has 1 saturated heterocycles. The van der Waals surface area contributed by atoms with Crippen molar-refractivity contribution in [1.82, 2.24) is 19.4 Å². The van der Waals surface area contributed by atoms with Gasteiger partial charge in [0.25, 0.3) is 5.91 Å². The summed E-state index contributed by atoms with van der Waals surface area (Å²) in [5.74, 6) is 1.03. The van der Waals surface area contributed by atoms with Gasteiger partial charge < -0.3 is 14.8 Å². The van der Waals surface area contributed by atoms with Gasteiger partial charge in [0.2, 0.25) is 0 Å². The Morgan fingerprint density at radius 2 is 1.89 bits per heavy atom. The largest absolute Gasteiger partial charge is 0.327 e. The number of anilines is 1.